The first-order valence-electron chi connectivity index (χ1n) is 29.5. The van der Waals surface area contributed by atoms with Crippen LogP contribution in [0.3, 0.4) is 0 Å². The number of nitrogens with two attached hydrogens (primary N) is 1. The Morgan fingerprint density at radius 2 is 0.659 bits per heavy atom. The number of nitrogens with zero attached hydrogens (tertiary/aromatic N) is 9. The molecule has 456 valence electrons. The van der Waals surface area contributed by atoms with E-state index in [4.69, 9.17) is 57.8 Å². The Bertz CT molecular complexity index is 3310. The van der Waals surface area contributed by atoms with Gasteiger partial charge >= 0.3 is 0 Å². The van der Waals surface area contributed by atoms with Gasteiger partial charge < -0.3 is 57.8 Å². The van der Waals surface area contributed by atoms with Crippen molar-refractivity contribution in [1.82, 2.24) is 0 Å². The first kappa shape index (κ1) is 63.0. The predicted octanol–water partition coefficient (Wildman–Crippen LogP) is 12.3. The number of rotatable bonds is 30. The van der Waals surface area contributed by atoms with E-state index < -0.39 is 91.7 Å². The maximum absolute atomic E-state index is 10.5. The fourth-order valence-corrected chi connectivity index (χ4v) is 11.3. The standard InChI is InChI=1S/C67H72N10O11/c68-37-55-61(80-40-48-26-12-3-13-27-48)64(83-43-51-32-18-6-19-33-51)65(84-44-52-34-20-7-21-35-52)67(85-55)88-59-54(73-76-70)36-53(72-75-69)58(63(59)82-42-50-30-16-5-17-31-50)87-66-62(81-41-49-28-14-4-15-29-49)57(74-77-71)60(79-39-47-24-10-2-11-25-47)56(86-66)45-78-38-46-22-8-1-9-23-46/h1-35,53-67H,36-45,68H2/t53-,54+,55-,56-,57?,58+,59-,60-,61-,62-,63-,64+,65-,66-,67-/m1/s1. The van der Waals surface area contributed by atoms with Gasteiger partial charge in [-0.05, 0) is 62.0 Å². The van der Waals surface area contributed by atoms with Crippen molar-refractivity contribution in [2.75, 3.05) is 13.2 Å². The summed E-state index contributed by atoms with van der Waals surface area (Å²) in [5.41, 5.74) is 44.0. The van der Waals surface area contributed by atoms with Gasteiger partial charge in [-0.15, -0.1) is 0 Å². The molecule has 0 amide bonds. The molecule has 1 unspecified atom stereocenters. The minimum absolute atomic E-state index is 0.0214. The van der Waals surface area contributed by atoms with Crippen LogP contribution in [-0.2, 0) is 98.4 Å². The second-order valence-electron chi connectivity index (χ2n) is 21.6. The Morgan fingerprint density at radius 1 is 0.352 bits per heavy atom. The summed E-state index contributed by atoms with van der Waals surface area (Å²) >= 11 is 0. The summed E-state index contributed by atoms with van der Waals surface area (Å²) < 4.78 is 76.5. The molecule has 2 aliphatic heterocycles. The third-order valence-electron chi connectivity index (χ3n) is 15.6. The molecule has 88 heavy (non-hydrogen) atoms. The Labute approximate surface area is 511 Å². The zero-order valence-electron chi connectivity index (χ0n) is 48.5. The molecule has 1 aliphatic carbocycles. The first-order valence-corrected chi connectivity index (χ1v) is 29.5. The smallest absolute Gasteiger partial charge is 0.187 e. The number of hydrogen-bond donors (Lipinski definition) is 1. The molecule has 0 radical (unpaired) electrons. The van der Waals surface area contributed by atoms with Gasteiger partial charge in [0.2, 0.25) is 0 Å². The SMILES string of the molecule is [N-]=[N+]=NC1[C@@H](OCc2ccccc2)[C@@H](O[C@@H]2[C@@H](OCc3ccccc3)[C@H](O[C@H]3O[C@H](CN)[C@@H](OCc4ccccc4)[C@H](OCc4ccccc4)[C@H]3OCc3ccccc3)[C@@H](N=[N+]=[N-])C[C@H]2N=[N+]=[N-])O[C@H](COCc2ccccc2)[C@H]1OCc1ccccc1. The molecular formula is C67H72N10O11. The van der Waals surface area contributed by atoms with E-state index in [1.54, 1.807) is 0 Å². The van der Waals surface area contributed by atoms with Crippen LogP contribution in [-0.4, -0.2) is 105 Å². The van der Waals surface area contributed by atoms with E-state index in [2.05, 4.69) is 30.1 Å². The van der Waals surface area contributed by atoms with E-state index in [0.717, 1.165) is 38.9 Å². The second kappa shape index (κ2) is 33.4. The van der Waals surface area contributed by atoms with Gasteiger partial charge in [0.1, 0.15) is 42.7 Å². The van der Waals surface area contributed by atoms with Gasteiger partial charge in [0, 0.05) is 21.3 Å². The fraction of sp³-hybridized carbons (Fsp3) is 0.373. The number of azide groups is 3. The van der Waals surface area contributed by atoms with Crippen LogP contribution in [0.1, 0.15) is 45.4 Å². The Balaban J connectivity index is 1.05. The summed E-state index contributed by atoms with van der Waals surface area (Å²) in [5, 5.41) is 13.1. The summed E-state index contributed by atoms with van der Waals surface area (Å²) in [5.74, 6) is 0. The number of ether oxygens (including phenoxy) is 11. The van der Waals surface area contributed by atoms with E-state index >= 15 is 0 Å². The normalized spacial score (nSPS) is 26.8. The minimum atomic E-state index is -1.41. The maximum atomic E-state index is 10.5. The minimum Gasteiger partial charge on any atom is -0.374 e. The molecule has 2 heterocycles. The average molecular weight is 1190 g/mol. The Kier molecular flexibility index (Phi) is 23.9. The summed E-state index contributed by atoms with van der Waals surface area (Å²) in [7, 11) is 0. The van der Waals surface area contributed by atoms with E-state index in [1.165, 1.54) is 0 Å². The van der Waals surface area contributed by atoms with Gasteiger partial charge in [-0.1, -0.05) is 228 Å². The highest BCUT2D eigenvalue weighted by atomic mass is 16.7. The number of hydrogen-bond acceptors (Lipinski definition) is 15. The lowest BCUT2D eigenvalue weighted by Gasteiger charge is -2.51. The van der Waals surface area contributed by atoms with Crippen molar-refractivity contribution in [2.24, 2.45) is 21.1 Å². The second-order valence-corrected chi connectivity index (χ2v) is 21.6. The molecule has 1 saturated carbocycles. The molecule has 21 heteroatoms. The van der Waals surface area contributed by atoms with Gasteiger partial charge in [0.15, 0.2) is 12.6 Å². The highest BCUT2D eigenvalue weighted by Gasteiger charge is 2.56. The van der Waals surface area contributed by atoms with Gasteiger partial charge in [-0.25, -0.2) is 0 Å². The van der Waals surface area contributed by atoms with E-state index in [-0.39, 0.29) is 65.8 Å². The van der Waals surface area contributed by atoms with Crippen molar-refractivity contribution >= 4 is 0 Å². The molecule has 3 fully saturated rings. The lowest BCUT2D eigenvalue weighted by atomic mass is 9.83. The Morgan fingerprint density at radius 3 is 1.03 bits per heavy atom. The molecule has 15 atom stereocenters. The quantitative estimate of drug-likeness (QED) is 0.0250. The van der Waals surface area contributed by atoms with Crippen LogP contribution < -0.4 is 5.73 Å². The van der Waals surface area contributed by atoms with Crippen molar-refractivity contribution in [3.8, 4) is 0 Å². The summed E-state index contributed by atoms with van der Waals surface area (Å²) in [6, 6.07) is 64.1. The van der Waals surface area contributed by atoms with Crippen molar-refractivity contribution in [3.05, 3.63) is 283 Å². The van der Waals surface area contributed by atoms with Gasteiger partial charge in [0.25, 0.3) is 0 Å². The fourth-order valence-electron chi connectivity index (χ4n) is 11.3. The molecule has 2 saturated heterocycles. The van der Waals surface area contributed by atoms with E-state index in [9.17, 15) is 16.6 Å². The zero-order chi connectivity index (χ0) is 60.5. The summed E-state index contributed by atoms with van der Waals surface area (Å²) in [6.45, 7) is 0.738. The van der Waals surface area contributed by atoms with Crippen LogP contribution in [0, 0.1) is 0 Å². The molecule has 0 aromatic heterocycles. The zero-order valence-corrected chi connectivity index (χ0v) is 48.5. The van der Waals surface area contributed by atoms with Gasteiger partial charge in [-0.2, -0.15) is 0 Å². The molecule has 7 aromatic carbocycles. The van der Waals surface area contributed by atoms with Crippen LogP contribution in [0.15, 0.2) is 228 Å². The summed E-state index contributed by atoms with van der Waals surface area (Å²) in [6.07, 6.45) is -13.3. The highest BCUT2D eigenvalue weighted by Crippen LogP contribution is 2.40. The molecule has 2 N–H and O–H groups in total. The maximum Gasteiger partial charge on any atom is 0.187 e. The molecule has 7 aromatic rings. The van der Waals surface area contributed by atoms with Crippen LogP contribution in [0.25, 0.3) is 31.3 Å². The molecule has 3 aliphatic rings. The first-order chi connectivity index (χ1) is 43.5. The van der Waals surface area contributed by atoms with Gasteiger partial charge in [0.05, 0.1) is 89.3 Å². The van der Waals surface area contributed by atoms with Crippen LogP contribution >= 0.6 is 0 Å². The lowest BCUT2D eigenvalue weighted by molar-refractivity contribution is -0.351. The molecular weight excluding hydrogens is 1120 g/mol. The topological polar surface area (TPSA) is 274 Å². The molecule has 0 bridgehead atoms. The van der Waals surface area contributed by atoms with Crippen molar-refractivity contribution in [3.63, 3.8) is 0 Å². The van der Waals surface area contributed by atoms with E-state index in [1.807, 2.05) is 212 Å². The number of benzene rings is 7. The van der Waals surface area contributed by atoms with Crippen LogP contribution in [0.5, 0.6) is 0 Å². The summed E-state index contributed by atoms with van der Waals surface area (Å²) in [4.78, 5) is 10.0. The third kappa shape index (κ3) is 17.4. The monoisotopic (exact) mass is 1190 g/mol. The van der Waals surface area contributed by atoms with Crippen molar-refractivity contribution in [2.45, 2.75) is 144 Å². The van der Waals surface area contributed by atoms with Gasteiger partial charge in [-0.3, -0.25) is 0 Å². The Hall–Kier alpha value is -8.01. The van der Waals surface area contributed by atoms with E-state index in [0.29, 0.717) is 0 Å². The average Bonchev–Trinajstić information content (AvgIpc) is 1.38. The largest absolute Gasteiger partial charge is 0.374 e. The third-order valence-corrected chi connectivity index (χ3v) is 15.6. The van der Waals surface area contributed by atoms with Crippen LogP contribution in [0.4, 0.5) is 0 Å². The molecule has 0 spiro atoms. The highest BCUT2D eigenvalue weighted by molar-refractivity contribution is 5.20. The molecule has 10 rings (SSSR count). The lowest BCUT2D eigenvalue weighted by Crippen LogP contribution is -2.66. The molecule has 21 nitrogen and oxygen atoms in total. The van der Waals surface area contributed by atoms with Crippen LogP contribution in [0.2, 0.25) is 0 Å². The van der Waals surface area contributed by atoms with Crippen molar-refractivity contribution in [1.29, 1.82) is 0 Å². The van der Waals surface area contributed by atoms with Crippen molar-refractivity contribution < 1.29 is 52.1 Å². The predicted molar refractivity (Wildman–Crippen MR) is 326 cm³/mol.